The maximum atomic E-state index is 12.7. The van der Waals surface area contributed by atoms with E-state index >= 15 is 0 Å². The first-order valence-electron chi connectivity index (χ1n) is 7.31. The van der Waals surface area contributed by atoms with Crippen molar-refractivity contribution in [2.75, 3.05) is 6.54 Å². The molecule has 0 unspecified atom stereocenters. The summed E-state index contributed by atoms with van der Waals surface area (Å²) in [4.78, 5) is 26.9. The number of hydrogen-bond donors (Lipinski definition) is 1. The van der Waals surface area contributed by atoms with Gasteiger partial charge in [-0.1, -0.05) is 0 Å². The molecule has 1 amide bonds. The van der Waals surface area contributed by atoms with Crippen molar-refractivity contribution >= 4 is 23.2 Å². The molecule has 3 rings (SSSR count). The Balaban J connectivity index is 1.87. The van der Waals surface area contributed by atoms with Crippen LogP contribution >= 0.6 is 11.3 Å². The van der Waals surface area contributed by atoms with Crippen LogP contribution in [0, 0.1) is 0 Å². The standard InChI is InChI=1S/C15H19NO3S/c17-14(16-8-4-3-6-12(16)15(18)19)11-9-20-13-7-2-1-5-10(11)13/h9,12H,1-8H2,(H,18,19)/t12-/m1/s1. The first-order chi connectivity index (χ1) is 9.68. The Labute approximate surface area is 122 Å². The zero-order chi connectivity index (χ0) is 14.1. The smallest absolute Gasteiger partial charge is 0.326 e. The summed E-state index contributed by atoms with van der Waals surface area (Å²) in [6, 6.07) is -0.643. The average molecular weight is 293 g/mol. The molecule has 0 aromatic carbocycles. The number of amides is 1. The Morgan fingerprint density at radius 3 is 2.80 bits per heavy atom. The normalized spacial score (nSPS) is 22.4. The summed E-state index contributed by atoms with van der Waals surface area (Å²) < 4.78 is 0. The summed E-state index contributed by atoms with van der Waals surface area (Å²) in [6.07, 6.45) is 6.73. The minimum Gasteiger partial charge on any atom is -0.480 e. The Hall–Kier alpha value is -1.36. The lowest BCUT2D eigenvalue weighted by Crippen LogP contribution is -2.48. The molecule has 1 N–H and O–H groups in total. The Morgan fingerprint density at radius 2 is 2.00 bits per heavy atom. The van der Waals surface area contributed by atoms with Crippen LogP contribution in [0.3, 0.4) is 0 Å². The van der Waals surface area contributed by atoms with E-state index in [1.807, 2.05) is 5.38 Å². The Bertz CT molecular complexity index is 537. The van der Waals surface area contributed by atoms with Gasteiger partial charge in [-0.3, -0.25) is 4.79 Å². The van der Waals surface area contributed by atoms with Crippen LogP contribution in [0.25, 0.3) is 0 Å². The highest BCUT2D eigenvalue weighted by Crippen LogP contribution is 2.32. The Morgan fingerprint density at radius 1 is 1.20 bits per heavy atom. The van der Waals surface area contributed by atoms with Gasteiger partial charge in [-0.05, 0) is 50.5 Å². The van der Waals surface area contributed by atoms with Gasteiger partial charge in [-0.25, -0.2) is 4.79 Å². The van der Waals surface area contributed by atoms with E-state index in [-0.39, 0.29) is 5.91 Å². The molecular formula is C15H19NO3S. The number of carbonyl (C=O) groups is 2. The Kier molecular flexibility index (Phi) is 3.78. The molecule has 1 aromatic rings. The third-order valence-corrected chi connectivity index (χ3v) is 5.43. The highest BCUT2D eigenvalue weighted by atomic mass is 32.1. The lowest BCUT2D eigenvalue weighted by Gasteiger charge is -2.33. The number of fused-ring (bicyclic) bond motifs is 1. The van der Waals surface area contributed by atoms with Crippen molar-refractivity contribution in [3.05, 3.63) is 21.4 Å². The van der Waals surface area contributed by atoms with E-state index in [1.54, 1.807) is 16.2 Å². The van der Waals surface area contributed by atoms with Crippen molar-refractivity contribution in [2.24, 2.45) is 0 Å². The van der Waals surface area contributed by atoms with Crippen LogP contribution in [0.4, 0.5) is 0 Å². The first kappa shape index (κ1) is 13.6. The van der Waals surface area contributed by atoms with Gasteiger partial charge in [0.05, 0.1) is 5.56 Å². The van der Waals surface area contributed by atoms with E-state index in [0.29, 0.717) is 13.0 Å². The lowest BCUT2D eigenvalue weighted by atomic mass is 9.94. The second-order valence-electron chi connectivity index (χ2n) is 5.61. The summed E-state index contributed by atoms with van der Waals surface area (Å²) in [6.45, 7) is 0.570. The predicted molar refractivity (Wildman–Crippen MR) is 77.3 cm³/mol. The number of rotatable bonds is 2. The van der Waals surface area contributed by atoms with Crippen molar-refractivity contribution in [3.63, 3.8) is 0 Å². The molecule has 1 aromatic heterocycles. The predicted octanol–water partition coefficient (Wildman–Crippen LogP) is 2.71. The minimum absolute atomic E-state index is 0.0727. The number of carboxylic acid groups (broad SMARTS) is 1. The van der Waals surface area contributed by atoms with E-state index in [1.165, 1.54) is 16.9 Å². The van der Waals surface area contributed by atoms with Crippen LogP contribution in [0.5, 0.6) is 0 Å². The number of aryl methyl sites for hydroxylation is 1. The van der Waals surface area contributed by atoms with E-state index in [2.05, 4.69) is 0 Å². The van der Waals surface area contributed by atoms with E-state index in [4.69, 9.17) is 0 Å². The number of carboxylic acids is 1. The molecule has 0 radical (unpaired) electrons. The number of nitrogens with zero attached hydrogens (tertiary/aromatic N) is 1. The molecule has 20 heavy (non-hydrogen) atoms. The average Bonchev–Trinajstić information content (AvgIpc) is 2.90. The van der Waals surface area contributed by atoms with Gasteiger partial charge in [0.15, 0.2) is 0 Å². The molecule has 2 heterocycles. The third-order valence-electron chi connectivity index (χ3n) is 4.34. The van der Waals surface area contributed by atoms with Crippen molar-refractivity contribution < 1.29 is 14.7 Å². The van der Waals surface area contributed by atoms with Gasteiger partial charge in [0, 0.05) is 16.8 Å². The quantitative estimate of drug-likeness (QED) is 0.912. The number of carbonyl (C=O) groups excluding carboxylic acids is 1. The maximum absolute atomic E-state index is 12.7. The van der Waals surface area contributed by atoms with Gasteiger partial charge >= 0.3 is 5.97 Å². The second-order valence-corrected chi connectivity index (χ2v) is 6.57. The van der Waals surface area contributed by atoms with Gasteiger partial charge in [-0.2, -0.15) is 0 Å². The van der Waals surface area contributed by atoms with Crippen LogP contribution < -0.4 is 0 Å². The molecule has 0 saturated carbocycles. The fourth-order valence-electron chi connectivity index (χ4n) is 3.26. The largest absolute Gasteiger partial charge is 0.480 e. The summed E-state index contributed by atoms with van der Waals surface area (Å²) in [5.41, 5.74) is 1.94. The molecular weight excluding hydrogens is 274 g/mol. The van der Waals surface area contributed by atoms with Crippen LogP contribution in [0.15, 0.2) is 5.38 Å². The molecule has 1 saturated heterocycles. The van der Waals surface area contributed by atoms with Gasteiger partial charge in [0.25, 0.3) is 5.91 Å². The van der Waals surface area contributed by atoms with E-state index in [0.717, 1.165) is 37.7 Å². The topological polar surface area (TPSA) is 57.6 Å². The van der Waals surface area contributed by atoms with E-state index < -0.39 is 12.0 Å². The van der Waals surface area contributed by atoms with Gasteiger partial charge in [0.2, 0.25) is 0 Å². The van der Waals surface area contributed by atoms with Crippen LogP contribution in [0.1, 0.15) is 52.9 Å². The maximum Gasteiger partial charge on any atom is 0.326 e. The number of thiophene rings is 1. The first-order valence-corrected chi connectivity index (χ1v) is 8.19. The molecule has 1 aliphatic carbocycles. The molecule has 108 valence electrons. The molecule has 1 aliphatic heterocycles. The number of aliphatic carboxylic acids is 1. The van der Waals surface area contributed by atoms with Crippen molar-refractivity contribution in [1.29, 1.82) is 0 Å². The summed E-state index contributed by atoms with van der Waals surface area (Å²) in [5.74, 6) is -0.946. The molecule has 4 nitrogen and oxygen atoms in total. The van der Waals surface area contributed by atoms with Crippen LogP contribution in [-0.4, -0.2) is 34.5 Å². The second kappa shape index (κ2) is 5.56. The zero-order valence-electron chi connectivity index (χ0n) is 11.4. The summed E-state index contributed by atoms with van der Waals surface area (Å²) >= 11 is 1.66. The lowest BCUT2D eigenvalue weighted by molar-refractivity contribution is -0.143. The number of hydrogen-bond acceptors (Lipinski definition) is 3. The minimum atomic E-state index is -0.873. The van der Waals surface area contributed by atoms with Crippen molar-refractivity contribution in [2.45, 2.75) is 51.0 Å². The number of piperidine rings is 1. The van der Waals surface area contributed by atoms with Crippen molar-refractivity contribution in [3.8, 4) is 0 Å². The molecule has 1 fully saturated rings. The molecule has 5 heteroatoms. The van der Waals surface area contributed by atoms with Gasteiger partial charge in [0.1, 0.15) is 6.04 Å². The zero-order valence-corrected chi connectivity index (χ0v) is 12.2. The highest BCUT2D eigenvalue weighted by Gasteiger charge is 2.34. The third kappa shape index (κ3) is 2.35. The molecule has 0 bridgehead atoms. The summed E-state index contributed by atoms with van der Waals surface area (Å²) in [7, 11) is 0. The van der Waals surface area contributed by atoms with Crippen LogP contribution in [0.2, 0.25) is 0 Å². The molecule has 2 aliphatic rings. The molecule has 1 atom stereocenters. The van der Waals surface area contributed by atoms with Gasteiger partial charge < -0.3 is 10.0 Å². The molecule has 0 spiro atoms. The fraction of sp³-hybridized carbons (Fsp3) is 0.600. The number of likely N-dealkylation sites (tertiary alicyclic amines) is 1. The van der Waals surface area contributed by atoms with Crippen molar-refractivity contribution in [1.82, 2.24) is 4.90 Å². The monoisotopic (exact) mass is 293 g/mol. The SMILES string of the molecule is O=C(O)[C@H]1CCCCN1C(=O)c1csc2c1CCCC2. The highest BCUT2D eigenvalue weighted by molar-refractivity contribution is 7.10. The summed E-state index contributed by atoms with van der Waals surface area (Å²) in [5, 5.41) is 11.2. The van der Waals surface area contributed by atoms with E-state index in [9.17, 15) is 14.7 Å². The fourth-order valence-corrected chi connectivity index (χ4v) is 4.38. The van der Waals surface area contributed by atoms with Crippen LogP contribution in [-0.2, 0) is 17.6 Å². The van der Waals surface area contributed by atoms with Gasteiger partial charge in [-0.15, -0.1) is 11.3 Å².